The molecule has 2 aliphatic rings. The van der Waals surface area contributed by atoms with Crippen LogP contribution in [0.25, 0.3) is 0 Å². The van der Waals surface area contributed by atoms with Gasteiger partial charge in [-0.15, -0.1) is 0 Å². The van der Waals surface area contributed by atoms with Crippen molar-refractivity contribution in [1.29, 1.82) is 0 Å². The second-order valence-electron chi connectivity index (χ2n) is 6.38. The predicted octanol–water partition coefficient (Wildman–Crippen LogP) is 3.66. The highest BCUT2D eigenvalue weighted by Gasteiger charge is 2.31. The van der Waals surface area contributed by atoms with Crippen LogP contribution in [0.2, 0.25) is 0 Å². The van der Waals surface area contributed by atoms with Gasteiger partial charge in [0, 0.05) is 23.9 Å². The van der Waals surface area contributed by atoms with Gasteiger partial charge in [0.1, 0.15) is 5.82 Å². The fourth-order valence-electron chi connectivity index (χ4n) is 3.70. The number of aromatic nitrogens is 2. The Morgan fingerprint density at radius 3 is 2.82 bits per heavy atom. The summed E-state index contributed by atoms with van der Waals surface area (Å²) in [7, 11) is 0. The van der Waals surface area contributed by atoms with Crippen LogP contribution in [0.15, 0.2) is 24.3 Å². The number of benzene rings is 1. The molecule has 0 spiro atoms. The zero-order valence-corrected chi connectivity index (χ0v) is 13.4. The summed E-state index contributed by atoms with van der Waals surface area (Å²) in [5, 5.41) is 14.6. The zero-order valence-electron chi connectivity index (χ0n) is 12.5. The molecule has 1 fully saturated rings. The topological polar surface area (TPSA) is 58.0 Å². The van der Waals surface area contributed by atoms with E-state index < -0.39 is 0 Å². The minimum atomic E-state index is -0.389. The molecule has 0 bridgehead atoms. The van der Waals surface area contributed by atoms with E-state index in [2.05, 4.69) is 26.8 Å². The largest absolute Gasteiger partial charge is 0.390 e. The Morgan fingerprint density at radius 2 is 1.95 bits per heavy atom. The molecule has 1 saturated carbocycles. The van der Waals surface area contributed by atoms with Crippen LogP contribution in [0.5, 0.6) is 0 Å². The summed E-state index contributed by atoms with van der Waals surface area (Å²) in [6.45, 7) is 0. The van der Waals surface area contributed by atoms with Gasteiger partial charge in [0.15, 0.2) is 0 Å². The van der Waals surface area contributed by atoms with Crippen molar-refractivity contribution in [3.63, 3.8) is 0 Å². The van der Waals surface area contributed by atoms with E-state index >= 15 is 0 Å². The highest BCUT2D eigenvalue weighted by Crippen LogP contribution is 2.36. The van der Waals surface area contributed by atoms with Gasteiger partial charge in [-0.1, -0.05) is 43.5 Å². The second-order valence-corrected chi connectivity index (χ2v) is 7.14. The van der Waals surface area contributed by atoms with Gasteiger partial charge >= 0.3 is 0 Å². The first kappa shape index (κ1) is 14.2. The number of hydrogen-bond acceptors (Lipinski definition) is 5. The lowest BCUT2D eigenvalue weighted by molar-refractivity contribution is 0.166. The number of anilines is 1. The minimum Gasteiger partial charge on any atom is -0.390 e. The summed E-state index contributed by atoms with van der Waals surface area (Å²) in [6, 6.07) is 8.17. The maximum absolute atomic E-state index is 10.3. The Kier molecular flexibility index (Phi) is 3.84. The van der Waals surface area contributed by atoms with E-state index in [1.807, 2.05) is 12.1 Å². The van der Waals surface area contributed by atoms with Crippen molar-refractivity contribution in [3.05, 3.63) is 41.2 Å². The lowest BCUT2D eigenvalue weighted by Gasteiger charge is -2.18. The van der Waals surface area contributed by atoms with Gasteiger partial charge in [0.2, 0.25) is 5.13 Å². The molecule has 116 valence electrons. The van der Waals surface area contributed by atoms with Crippen molar-refractivity contribution in [1.82, 2.24) is 9.36 Å². The molecule has 5 heteroatoms. The smallest absolute Gasteiger partial charge is 0.203 e. The Balaban J connectivity index is 1.51. The molecule has 2 aliphatic carbocycles. The summed E-state index contributed by atoms with van der Waals surface area (Å²) in [5.74, 6) is 1.52. The number of rotatable bonds is 3. The van der Waals surface area contributed by atoms with Crippen LogP contribution in [-0.2, 0) is 6.42 Å². The molecule has 0 saturated heterocycles. The third-order valence-corrected chi connectivity index (χ3v) is 5.56. The molecule has 2 atom stereocenters. The van der Waals surface area contributed by atoms with Gasteiger partial charge in [-0.2, -0.15) is 4.37 Å². The van der Waals surface area contributed by atoms with Crippen molar-refractivity contribution in [2.75, 3.05) is 5.32 Å². The molecule has 0 amide bonds. The number of hydrogen-bond donors (Lipinski definition) is 2. The van der Waals surface area contributed by atoms with Crippen LogP contribution in [0.1, 0.15) is 61.0 Å². The van der Waals surface area contributed by atoms with Crippen molar-refractivity contribution < 1.29 is 5.11 Å². The fourth-order valence-corrected chi connectivity index (χ4v) is 4.38. The Hall–Kier alpha value is -1.46. The molecule has 0 aliphatic heterocycles. The van der Waals surface area contributed by atoms with Crippen molar-refractivity contribution in [2.24, 2.45) is 0 Å². The first-order valence-electron chi connectivity index (χ1n) is 8.17. The number of aliphatic hydroxyl groups excluding tert-OH is 1. The normalized spacial score (nSPS) is 25.1. The minimum absolute atomic E-state index is 0.0663. The second kappa shape index (κ2) is 5.97. The average molecular weight is 315 g/mol. The number of aliphatic hydroxyl groups is 1. The molecule has 4 nitrogen and oxygen atoms in total. The van der Waals surface area contributed by atoms with Gasteiger partial charge in [0.25, 0.3) is 0 Å². The maximum Gasteiger partial charge on any atom is 0.203 e. The lowest BCUT2D eigenvalue weighted by atomic mass is 9.89. The first-order valence-corrected chi connectivity index (χ1v) is 8.94. The van der Waals surface area contributed by atoms with Crippen LogP contribution in [0, 0.1) is 0 Å². The standard InChI is InChI=1S/C17H21N3OS/c21-14-10-12-8-4-5-9-13(12)15(14)18-17-19-16(20-22-17)11-6-2-1-3-7-11/h4-5,8-9,11,14-15,21H,1-3,6-7,10H2,(H,18,19,20). The molecule has 0 radical (unpaired) electrons. The molecule has 4 rings (SSSR count). The average Bonchev–Trinajstić information content (AvgIpc) is 3.14. The van der Waals surface area contributed by atoms with E-state index in [0.29, 0.717) is 12.3 Å². The van der Waals surface area contributed by atoms with Crippen LogP contribution in [-0.4, -0.2) is 20.6 Å². The maximum atomic E-state index is 10.3. The molecule has 2 N–H and O–H groups in total. The van der Waals surface area contributed by atoms with Gasteiger partial charge in [0.05, 0.1) is 12.1 Å². The SMILES string of the molecule is OC1Cc2ccccc2C1Nc1nc(C2CCCCC2)ns1. The summed E-state index contributed by atoms with van der Waals surface area (Å²) in [4.78, 5) is 4.69. The van der Waals surface area contributed by atoms with E-state index in [1.54, 1.807) is 0 Å². The quantitative estimate of drug-likeness (QED) is 0.907. The molecule has 2 aromatic rings. The highest BCUT2D eigenvalue weighted by molar-refractivity contribution is 7.09. The van der Waals surface area contributed by atoms with Crippen LogP contribution < -0.4 is 5.32 Å². The molecule has 1 aromatic carbocycles. The van der Waals surface area contributed by atoms with Crippen molar-refractivity contribution in [2.45, 2.75) is 56.6 Å². The van der Waals surface area contributed by atoms with Gasteiger partial charge in [-0.05, 0) is 24.0 Å². The van der Waals surface area contributed by atoms with Gasteiger partial charge in [-0.25, -0.2) is 4.98 Å². The van der Waals surface area contributed by atoms with Gasteiger partial charge in [-0.3, -0.25) is 0 Å². The lowest BCUT2D eigenvalue weighted by Crippen LogP contribution is -2.21. The van der Waals surface area contributed by atoms with E-state index in [-0.39, 0.29) is 12.1 Å². The van der Waals surface area contributed by atoms with Gasteiger partial charge < -0.3 is 10.4 Å². The summed E-state index contributed by atoms with van der Waals surface area (Å²) in [6.07, 6.45) is 6.68. The molecule has 22 heavy (non-hydrogen) atoms. The van der Waals surface area contributed by atoms with Crippen LogP contribution in [0.3, 0.4) is 0 Å². The Labute approximate surface area is 134 Å². The monoisotopic (exact) mass is 315 g/mol. The van der Waals surface area contributed by atoms with Crippen molar-refractivity contribution >= 4 is 16.7 Å². The third-order valence-electron chi connectivity index (χ3n) is 4.90. The predicted molar refractivity (Wildman–Crippen MR) is 88.3 cm³/mol. The van der Waals surface area contributed by atoms with Crippen molar-refractivity contribution in [3.8, 4) is 0 Å². The first-order chi connectivity index (χ1) is 10.8. The number of fused-ring (bicyclic) bond motifs is 1. The summed E-state index contributed by atoms with van der Waals surface area (Å²) >= 11 is 1.42. The molecule has 2 unspecified atom stereocenters. The third kappa shape index (κ3) is 2.63. The van der Waals surface area contributed by atoms with E-state index in [4.69, 9.17) is 0 Å². The summed E-state index contributed by atoms with van der Waals surface area (Å²) in [5.41, 5.74) is 2.41. The Morgan fingerprint density at radius 1 is 1.14 bits per heavy atom. The summed E-state index contributed by atoms with van der Waals surface area (Å²) < 4.78 is 4.55. The molecular formula is C17H21N3OS. The molecular weight excluding hydrogens is 294 g/mol. The van der Waals surface area contributed by atoms with E-state index in [9.17, 15) is 5.11 Å². The van der Waals surface area contributed by atoms with Crippen LogP contribution >= 0.6 is 11.5 Å². The fraction of sp³-hybridized carbons (Fsp3) is 0.529. The zero-order chi connectivity index (χ0) is 14.9. The number of nitrogens with one attached hydrogen (secondary N) is 1. The molecule has 1 heterocycles. The van der Waals surface area contributed by atoms with E-state index in [0.717, 1.165) is 11.0 Å². The van der Waals surface area contributed by atoms with E-state index in [1.165, 1.54) is 54.8 Å². The number of nitrogens with zero attached hydrogens (tertiary/aromatic N) is 2. The molecule has 1 aromatic heterocycles. The van der Waals surface area contributed by atoms with Crippen LogP contribution in [0.4, 0.5) is 5.13 Å². The highest BCUT2D eigenvalue weighted by atomic mass is 32.1. The Bertz CT molecular complexity index is 651.